The van der Waals surface area contributed by atoms with Gasteiger partial charge in [0.1, 0.15) is 5.82 Å². The molecule has 120 valence electrons. The summed E-state index contributed by atoms with van der Waals surface area (Å²) in [5, 5.41) is 0.210. The van der Waals surface area contributed by atoms with Crippen molar-refractivity contribution >= 4 is 39.2 Å². The highest BCUT2D eigenvalue weighted by molar-refractivity contribution is 7.92. The topological polar surface area (TPSA) is 63.2 Å². The van der Waals surface area contributed by atoms with Gasteiger partial charge in [-0.05, 0) is 48.6 Å². The number of hydrogen-bond donors (Lipinski definition) is 1. The average molecular weight is 354 g/mol. The lowest BCUT2D eigenvalue weighted by atomic mass is 10.1. The summed E-state index contributed by atoms with van der Waals surface area (Å²) in [4.78, 5) is 12.0. The Hall–Kier alpha value is -2.18. The Morgan fingerprint density at radius 1 is 1.17 bits per heavy atom. The fraction of sp³-hybridized carbons (Fsp3) is 0.0625. The second-order valence-corrected chi connectivity index (χ2v) is 6.94. The molecule has 23 heavy (non-hydrogen) atoms. The fourth-order valence-electron chi connectivity index (χ4n) is 1.84. The van der Waals surface area contributed by atoms with Gasteiger partial charge in [0, 0.05) is 16.8 Å². The van der Waals surface area contributed by atoms with Crippen molar-refractivity contribution in [2.24, 2.45) is 0 Å². The number of anilines is 1. The minimum absolute atomic E-state index is 0.137. The van der Waals surface area contributed by atoms with E-state index in [4.69, 9.17) is 11.6 Å². The molecular formula is C16H13ClFNO3S. The van der Waals surface area contributed by atoms with Gasteiger partial charge in [-0.3, -0.25) is 9.52 Å². The number of allylic oxidation sites excluding steroid dienone is 1. The number of halogens is 2. The van der Waals surface area contributed by atoms with Crippen LogP contribution in [0, 0.1) is 5.82 Å². The van der Waals surface area contributed by atoms with E-state index in [-0.39, 0.29) is 16.4 Å². The molecule has 0 radical (unpaired) electrons. The number of benzene rings is 2. The molecule has 0 saturated carbocycles. The van der Waals surface area contributed by atoms with Gasteiger partial charge in [-0.1, -0.05) is 17.7 Å². The molecule has 0 saturated heterocycles. The second-order valence-electron chi connectivity index (χ2n) is 4.78. The molecule has 0 amide bonds. The van der Waals surface area contributed by atoms with Crippen molar-refractivity contribution in [3.8, 4) is 0 Å². The average Bonchev–Trinajstić information content (AvgIpc) is 2.45. The molecule has 4 nitrogen and oxygen atoms in total. The maximum absolute atomic E-state index is 13.6. The predicted octanol–water partition coefficient (Wildman–Crippen LogP) is 3.75. The summed E-state index contributed by atoms with van der Waals surface area (Å²) in [6, 6.07) is 10.1. The highest BCUT2D eigenvalue weighted by Gasteiger charge is 2.07. The molecule has 2 aromatic carbocycles. The molecule has 0 aliphatic carbocycles. The van der Waals surface area contributed by atoms with Crippen molar-refractivity contribution < 1.29 is 17.6 Å². The molecule has 0 heterocycles. The van der Waals surface area contributed by atoms with Crippen LogP contribution in [0.1, 0.15) is 15.9 Å². The molecule has 0 unspecified atom stereocenters. The minimum Gasteiger partial charge on any atom is -0.289 e. The first-order valence-corrected chi connectivity index (χ1v) is 8.77. The summed E-state index contributed by atoms with van der Waals surface area (Å²) in [5.74, 6) is -0.871. The number of hydrogen-bond acceptors (Lipinski definition) is 3. The molecule has 2 aromatic rings. The lowest BCUT2D eigenvalue weighted by molar-refractivity contribution is 0.104. The molecule has 0 fully saturated rings. The summed E-state index contributed by atoms with van der Waals surface area (Å²) < 4.78 is 38.1. The van der Waals surface area contributed by atoms with Crippen molar-refractivity contribution in [3.63, 3.8) is 0 Å². The molecular weight excluding hydrogens is 341 g/mol. The van der Waals surface area contributed by atoms with E-state index in [1.165, 1.54) is 54.6 Å². The van der Waals surface area contributed by atoms with Gasteiger partial charge in [0.15, 0.2) is 5.78 Å². The normalized spacial score (nSPS) is 11.6. The number of ketones is 1. The van der Waals surface area contributed by atoms with Crippen LogP contribution in [0.25, 0.3) is 6.08 Å². The van der Waals surface area contributed by atoms with Crippen molar-refractivity contribution in [3.05, 3.63) is 70.5 Å². The van der Waals surface area contributed by atoms with Gasteiger partial charge >= 0.3 is 0 Å². The monoisotopic (exact) mass is 353 g/mol. The number of nitrogens with one attached hydrogen (secondary N) is 1. The fourth-order valence-corrected chi connectivity index (χ4v) is 2.63. The molecule has 0 aromatic heterocycles. The Balaban J connectivity index is 2.16. The van der Waals surface area contributed by atoms with Crippen LogP contribution in [0.2, 0.25) is 5.02 Å². The van der Waals surface area contributed by atoms with E-state index in [0.29, 0.717) is 11.3 Å². The Labute approximate surface area is 138 Å². The molecule has 0 aliphatic rings. The number of carbonyl (C=O) groups excluding carboxylic acids is 1. The van der Waals surface area contributed by atoms with E-state index in [9.17, 15) is 17.6 Å². The smallest absolute Gasteiger partial charge is 0.229 e. The van der Waals surface area contributed by atoms with Gasteiger partial charge in [-0.2, -0.15) is 0 Å². The summed E-state index contributed by atoms with van der Waals surface area (Å²) in [7, 11) is -3.37. The van der Waals surface area contributed by atoms with Crippen LogP contribution in [0.4, 0.5) is 10.1 Å². The zero-order valence-electron chi connectivity index (χ0n) is 12.1. The number of sulfonamides is 1. The van der Waals surface area contributed by atoms with Crippen molar-refractivity contribution in [1.82, 2.24) is 0 Å². The SMILES string of the molecule is CS(=O)(=O)Nc1ccc(C(=O)C=Cc2c(F)cccc2Cl)cc1. The van der Waals surface area contributed by atoms with Crippen LogP contribution in [-0.4, -0.2) is 20.5 Å². The second kappa shape index (κ2) is 6.93. The number of rotatable bonds is 5. The summed E-state index contributed by atoms with van der Waals surface area (Å²) >= 11 is 5.87. The first kappa shape index (κ1) is 17.2. The zero-order chi connectivity index (χ0) is 17.0. The molecule has 1 N–H and O–H groups in total. The Morgan fingerprint density at radius 2 is 1.83 bits per heavy atom. The van der Waals surface area contributed by atoms with Crippen LogP contribution < -0.4 is 4.72 Å². The lowest BCUT2D eigenvalue weighted by Crippen LogP contribution is -2.09. The highest BCUT2D eigenvalue weighted by atomic mass is 35.5. The largest absolute Gasteiger partial charge is 0.289 e. The highest BCUT2D eigenvalue weighted by Crippen LogP contribution is 2.20. The molecule has 2 rings (SSSR count). The van der Waals surface area contributed by atoms with E-state index in [1.807, 2.05) is 0 Å². The van der Waals surface area contributed by atoms with Crippen molar-refractivity contribution in [2.75, 3.05) is 11.0 Å². The zero-order valence-corrected chi connectivity index (χ0v) is 13.7. The van der Waals surface area contributed by atoms with Gasteiger partial charge in [0.05, 0.1) is 11.3 Å². The molecule has 0 bridgehead atoms. The maximum Gasteiger partial charge on any atom is 0.229 e. The third kappa shape index (κ3) is 4.91. The Kier molecular flexibility index (Phi) is 5.18. The first-order valence-electron chi connectivity index (χ1n) is 6.50. The van der Waals surface area contributed by atoms with Crippen LogP contribution in [0.3, 0.4) is 0 Å². The van der Waals surface area contributed by atoms with E-state index < -0.39 is 15.8 Å². The van der Waals surface area contributed by atoms with Gasteiger partial charge in [0.2, 0.25) is 10.0 Å². The third-order valence-electron chi connectivity index (χ3n) is 2.87. The molecule has 7 heteroatoms. The Bertz CT molecular complexity index is 841. The van der Waals surface area contributed by atoms with Crippen LogP contribution >= 0.6 is 11.6 Å². The molecule has 0 aliphatic heterocycles. The van der Waals surface area contributed by atoms with Gasteiger partial charge in [-0.15, -0.1) is 0 Å². The lowest BCUT2D eigenvalue weighted by Gasteiger charge is -2.04. The van der Waals surface area contributed by atoms with Gasteiger partial charge in [0.25, 0.3) is 0 Å². The summed E-state index contributed by atoms with van der Waals surface area (Å²) in [6.07, 6.45) is 3.55. The first-order chi connectivity index (χ1) is 10.8. The minimum atomic E-state index is -3.37. The van der Waals surface area contributed by atoms with E-state index >= 15 is 0 Å². The van der Waals surface area contributed by atoms with E-state index in [1.54, 1.807) is 0 Å². The van der Waals surface area contributed by atoms with Gasteiger partial charge in [-0.25, -0.2) is 12.8 Å². The predicted molar refractivity (Wildman–Crippen MR) is 89.7 cm³/mol. The molecule has 0 spiro atoms. The summed E-state index contributed by atoms with van der Waals surface area (Å²) in [6.45, 7) is 0. The van der Waals surface area contributed by atoms with Crippen molar-refractivity contribution in [1.29, 1.82) is 0 Å². The van der Waals surface area contributed by atoms with E-state index in [0.717, 1.165) is 6.26 Å². The third-order valence-corrected chi connectivity index (χ3v) is 3.81. The standard InChI is InChI=1S/C16H13ClFNO3S/c1-23(21,22)19-12-7-5-11(6-8-12)16(20)10-9-13-14(17)3-2-4-15(13)18/h2-10,19H,1H3. The summed E-state index contributed by atoms with van der Waals surface area (Å²) in [5.41, 5.74) is 0.829. The maximum atomic E-state index is 13.6. The molecule has 0 atom stereocenters. The van der Waals surface area contributed by atoms with Gasteiger partial charge < -0.3 is 0 Å². The Morgan fingerprint density at radius 3 is 2.39 bits per heavy atom. The van der Waals surface area contributed by atoms with Crippen LogP contribution in [0.15, 0.2) is 48.5 Å². The number of carbonyl (C=O) groups is 1. The van der Waals surface area contributed by atoms with Crippen LogP contribution in [-0.2, 0) is 10.0 Å². The quantitative estimate of drug-likeness (QED) is 0.657. The van der Waals surface area contributed by atoms with Crippen LogP contribution in [0.5, 0.6) is 0 Å². The van der Waals surface area contributed by atoms with Crippen molar-refractivity contribution in [2.45, 2.75) is 0 Å². The van der Waals surface area contributed by atoms with E-state index in [2.05, 4.69) is 4.72 Å².